The van der Waals surface area contributed by atoms with Gasteiger partial charge in [0, 0.05) is 24.0 Å². The maximum absolute atomic E-state index is 14.5. The van der Waals surface area contributed by atoms with Gasteiger partial charge in [-0.3, -0.25) is 4.79 Å². The van der Waals surface area contributed by atoms with Crippen LogP contribution in [0.25, 0.3) is 0 Å². The highest BCUT2D eigenvalue weighted by Gasteiger charge is 2.67. The number of rotatable bonds is 10. The quantitative estimate of drug-likeness (QED) is 0.366. The van der Waals surface area contributed by atoms with Crippen LogP contribution in [0, 0.1) is 22.2 Å². The van der Waals surface area contributed by atoms with Crippen molar-refractivity contribution in [2.45, 2.75) is 142 Å². The van der Waals surface area contributed by atoms with Crippen molar-refractivity contribution >= 4 is 16.0 Å². The fraction of sp³-hybridized carbons (Fsp3) is 0.966. The van der Waals surface area contributed by atoms with Crippen LogP contribution in [0.3, 0.4) is 0 Å². The van der Waals surface area contributed by atoms with Crippen molar-refractivity contribution in [3.63, 3.8) is 0 Å². The van der Waals surface area contributed by atoms with E-state index in [1.807, 2.05) is 11.2 Å². The normalized spacial score (nSPS) is 33.1. The van der Waals surface area contributed by atoms with Crippen LogP contribution in [-0.4, -0.2) is 49.2 Å². The molecule has 0 spiro atoms. The summed E-state index contributed by atoms with van der Waals surface area (Å²) in [4.78, 5) is 13.4. The van der Waals surface area contributed by atoms with E-state index in [2.05, 4.69) is 20.8 Å². The van der Waals surface area contributed by atoms with Gasteiger partial charge in [0.2, 0.25) is 10.0 Å². The molecular weight excluding hydrogens is 472 g/mol. The van der Waals surface area contributed by atoms with E-state index < -0.39 is 20.9 Å². The summed E-state index contributed by atoms with van der Waals surface area (Å²) in [5.74, 6) is 0.258. The Morgan fingerprint density at radius 2 is 1.56 bits per heavy atom. The van der Waals surface area contributed by atoms with E-state index in [1.165, 1.54) is 12.8 Å². The van der Waals surface area contributed by atoms with Gasteiger partial charge in [0.15, 0.2) is 0 Å². The lowest BCUT2D eigenvalue weighted by molar-refractivity contribution is -0.168. The Kier molecular flexibility index (Phi) is 8.54. The van der Waals surface area contributed by atoms with E-state index in [-0.39, 0.29) is 41.9 Å². The van der Waals surface area contributed by atoms with Crippen molar-refractivity contribution in [1.82, 2.24) is 4.31 Å². The predicted octanol–water partition coefficient (Wildman–Crippen LogP) is 5.79. The molecule has 0 heterocycles. The number of sulfonamides is 1. The molecular formula is C29H52N2O4S. The monoisotopic (exact) mass is 524 g/mol. The molecule has 0 saturated heterocycles. The van der Waals surface area contributed by atoms with Crippen LogP contribution in [-0.2, 0) is 19.6 Å². The molecule has 2 bridgehead atoms. The Morgan fingerprint density at radius 1 is 1.00 bits per heavy atom. The highest BCUT2D eigenvalue weighted by Crippen LogP contribution is 2.67. The van der Waals surface area contributed by atoms with Gasteiger partial charge in [-0.1, -0.05) is 65.7 Å². The number of nitrogens with two attached hydrogens (primary N) is 1. The van der Waals surface area contributed by atoms with Gasteiger partial charge < -0.3 is 10.5 Å². The van der Waals surface area contributed by atoms with E-state index in [4.69, 9.17) is 10.5 Å². The van der Waals surface area contributed by atoms with Gasteiger partial charge in [-0.25, -0.2) is 8.42 Å². The summed E-state index contributed by atoms with van der Waals surface area (Å²) in [6.45, 7) is 8.67. The average Bonchev–Trinajstić information content (AvgIpc) is 3.20. The van der Waals surface area contributed by atoms with Gasteiger partial charge in [-0.2, -0.15) is 4.31 Å². The molecule has 4 aliphatic carbocycles. The summed E-state index contributed by atoms with van der Waals surface area (Å²) in [7, 11) is -3.52. The average molecular weight is 525 g/mol. The van der Waals surface area contributed by atoms with Gasteiger partial charge >= 0.3 is 5.97 Å². The topological polar surface area (TPSA) is 89.7 Å². The molecule has 0 radical (unpaired) electrons. The van der Waals surface area contributed by atoms with Crippen molar-refractivity contribution in [1.29, 1.82) is 0 Å². The van der Waals surface area contributed by atoms with Gasteiger partial charge in [-0.05, 0) is 69.6 Å². The number of esters is 1. The molecule has 4 fully saturated rings. The summed E-state index contributed by atoms with van der Waals surface area (Å²) in [5.41, 5.74) is 4.61. The predicted molar refractivity (Wildman–Crippen MR) is 145 cm³/mol. The molecule has 208 valence electrons. The first-order valence-electron chi connectivity index (χ1n) is 14.9. The van der Waals surface area contributed by atoms with Crippen molar-refractivity contribution in [3.05, 3.63) is 0 Å². The van der Waals surface area contributed by atoms with Crippen LogP contribution in [0.15, 0.2) is 0 Å². The van der Waals surface area contributed by atoms with E-state index in [1.54, 1.807) is 0 Å². The molecule has 4 saturated carbocycles. The standard InChI is InChI=1S/C29H52N2O4S/c1-5-17-28(4,20-30)26(32)35-25-19-22-16-18-29(25,27(22,2)3)21-36(33,34)31(23-12-8-6-9-13-23)24-14-10-7-11-15-24/h22-25H,5-21,30H2,1-4H3/t22-,25-,28+,29-/m1/s1. The van der Waals surface area contributed by atoms with Crippen LogP contribution < -0.4 is 5.73 Å². The number of carbonyl (C=O) groups is 1. The molecule has 7 heteroatoms. The Bertz CT molecular complexity index is 860. The highest BCUT2D eigenvalue weighted by molar-refractivity contribution is 7.89. The van der Waals surface area contributed by atoms with E-state index in [0.717, 1.165) is 77.0 Å². The smallest absolute Gasteiger partial charge is 0.313 e. The third-order valence-corrected chi connectivity index (χ3v) is 13.1. The minimum Gasteiger partial charge on any atom is -0.461 e. The summed E-state index contributed by atoms with van der Waals surface area (Å²) in [6, 6.07) is 0.270. The van der Waals surface area contributed by atoms with Crippen molar-refractivity contribution in [2.75, 3.05) is 12.3 Å². The summed E-state index contributed by atoms with van der Waals surface area (Å²) in [5, 5.41) is 0. The number of hydrogen-bond acceptors (Lipinski definition) is 5. The molecule has 0 aliphatic heterocycles. The Hall–Kier alpha value is -0.660. The zero-order chi connectivity index (χ0) is 26.2. The zero-order valence-electron chi connectivity index (χ0n) is 23.4. The molecule has 0 aromatic heterocycles. The van der Waals surface area contributed by atoms with E-state index in [9.17, 15) is 13.2 Å². The van der Waals surface area contributed by atoms with E-state index >= 15 is 0 Å². The highest BCUT2D eigenvalue weighted by atomic mass is 32.2. The number of carbonyl (C=O) groups excluding carboxylic acids is 1. The maximum Gasteiger partial charge on any atom is 0.313 e. The SMILES string of the molecule is CCC[C@@](C)(CN)C(=O)O[C@@H]1C[C@H]2CC[C@]1(CS(=O)(=O)N(C1CCCCC1)C1CCCCC1)C2(C)C. The molecule has 0 unspecified atom stereocenters. The third-order valence-electron chi connectivity index (χ3n) is 11.0. The number of fused-ring (bicyclic) bond motifs is 2. The molecule has 4 aliphatic rings. The van der Waals surface area contributed by atoms with Gasteiger partial charge in [-0.15, -0.1) is 0 Å². The molecule has 0 aromatic carbocycles. The molecule has 0 amide bonds. The van der Waals surface area contributed by atoms with Gasteiger partial charge in [0.1, 0.15) is 6.10 Å². The van der Waals surface area contributed by atoms with Gasteiger partial charge in [0.05, 0.1) is 11.2 Å². The minimum absolute atomic E-state index is 0.113. The fourth-order valence-electron chi connectivity index (χ4n) is 8.44. The summed E-state index contributed by atoms with van der Waals surface area (Å²) in [6.07, 6.45) is 14.7. The van der Waals surface area contributed by atoms with Crippen LogP contribution in [0.4, 0.5) is 0 Å². The molecule has 4 rings (SSSR count). The summed E-state index contributed by atoms with van der Waals surface area (Å²) < 4.78 is 37.3. The largest absolute Gasteiger partial charge is 0.461 e. The summed E-state index contributed by atoms with van der Waals surface area (Å²) >= 11 is 0. The number of ether oxygens (including phenoxy) is 1. The Morgan fingerprint density at radius 3 is 2.03 bits per heavy atom. The van der Waals surface area contributed by atoms with E-state index in [0.29, 0.717) is 12.3 Å². The lowest BCUT2D eigenvalue weighted by Crippen LogP contribution is -2.55. The van der Waals surface area contributed by atoms with Crippen LogP contribution in [0.1, 0.15) is 124 Å². The zero-order valence-corrected chi connectivity index (χ0v) is 24.2. The fourth-order valence-corrected chi connectivity index (χ4v) is 11.3. The molecule has 0 aromatic rings. The van der Waals surface area contributed by atoms with Crippen molar-refractivity contribution in [2.24, 2.45) is 27.9 Å². The maximum atomic E-state index is 14.5. The molecule has 2 N–H and O–H groups in total. The Balaban J connectivity index is 1.64. The minimum atomic E-state index is -3.52. The second-order valence-corrected chi connectivity index (χ2v) is 15.3. The molecule has 6 nitrogen and oxygen atoms in total. The number of hydrogen-bond donors (Lipinski definition) is 1. The molecule has 36 heavy (non-hydrogen) atoms. The lowest BCUT2D eigenvalue weighted by atomic mass is 9.69. The first-order chi connectivity index (χ1) is 17.0. The Labute approximate surface area is 220 Å². The number of nitrogens with zero attached hydrogens (tertiary/aromatic N) is 1. The first-order valence-corrected chi connectivity index (χ1v) is 16.5. The van der Waals surface area contributed by atoms with Crippen LogP contribution in [0.2, 0.25) is 0 Å². The second kappa shape index (κ2) is 10.8. The first kappa shape index (κ1) is 28.4. The van der Waals surface area contributed by atoms with Gasteiger partial charge in [0.25, 0.3) is 0 Å². The van der Waals surface area contributed by atoms with Crippen molar-refractivity contribution in [3.8, 4) is 0 Å². The second-order valence-electron chi connectivity index (χ2n) is 13.4. The van der Waals surface area contributed by atoms with Crippen LogP contribution in [0.5, 0.6) is 0 Å². The van der Waals surface area contributed by atoms with Crippen LogP contribution >= 0.6 is 0 Å². The molecule has 4 atom stereocenters. The van der Waals surface area contributed by atoms with Crippen molar-refractivity contribution < 1.29 is 17.9 Å². The third kappa shape index (κ3) is 5.02. The lowest BCUT2D eigenvalue weighted by Gasteiger charge is -2.46.